The van der Waals surface area contributed by atoms with Crippen molar-refractivity contribution in [2.75, 3.05) is 35.3 Å². The van der Waals surface area contributed by atoms with Gasteiger partial charge in [-0.3, -0.25) is 0 Å². The summed E-state index contributed by atoms with van der Waals surface area (Å²) in [5, 5.41) is 3.43. The molecule has 0 amide bonds. The SMILES string of the molecule is Cc1cc(Nc2ccc(N3CCCC3)cc2)nc(N(C)Cc2ccccc2)n1. The molecule has 144 valence electrons. The number of aryl methyl sites for hydroxylation is 1. The molecule has 3 aromatic rings. The Morgan fingerprint density at radius 1 is 0.964 bits per heavy atom. The third-order valence-corrected chi connectivity index (χ3v) is 5.06. The number of rotatable bonds is 6. The van der Waals surface area contributed by atoms with Crippen LogP contribution in [0.1, 0.15) is 24.1 Å². The van der Waals surface area contributed by atoms with Crippen molar-refractivity contribution in [3.05, 3.63) is 71.9 Å². The first-order chi connectivity index (χ1) is 13.7. The topological polar surface area (TPSA) is 44.3 Å². The van der Waals surface area contributed by atoms with Crippen molar-refractivity contribution in [1.29, 1.82) is 0 Å². The molecule has 2 aromatic carbocycles. The molecule has 0 spiro atoms. The standard InChI is InChI=1S/C23H27N5/c1-18-16-22(25-20-10-12-21(13-11-20)28-14-6-7-15-28)26-23(24-18)27(2)17-19-8-4-3-5-9-19/h3-5,8-13,16H,6-7,14-15,17H2,1-2H3,(H,24,25,26). The lowest BCUT2D eigenvalue weighted by atomic mass is 10.2. The van der Waals surface area contributed by atoms with Crippen molar-refractivity contribution in [1.82, 2.24) is 9.97 Å². The minimum absolute atomic E-state index is 0.722. The second kappa shape index (κ2) is 8.30. The fourth-order valence-corrected chi connectivity index (χ4v) is 3.59. The molecule has 1 saturated heterocycles. The predicted molar refractivity (Wildman–Crippen MR) is 116 cm³/mol. The molecule has 0 unspecified atom stereocenters. The zero-order valence-corrected chi connectivity index (χ0v) is 16.6. The van der Waals surface area contributed by atoms with E-state index in [0.717, 1.165) is 42.8 Å². The quantitative estimate of drug-likeness (QED) is 0.674. The number of nitrogens with zero attached hydrogens (tertiary/aromatic N) is 4. The highest BCUT2D eigenvalue weighted by atomic mass is 15.2. The summed E-state index contributed by atoms with van der Waals surface area (Å²) in [7, 11) is 2.02. The van der Waals surface area contributed by atoms with Crippen LogP contribution in [0.3, 0.4) is 0 Å². The average Bonchev–Trinajstić information content (AvgIpc) is 3.24. The molecular formula is C23H27N5. The summed E-state index contributed by atoms with van der Waals surface area (Å²) in [6.45, 7) is 5.10. The Balaban J connectivity index is 1.47. The molecule has 1 aromatic heterocycles. The van der Waals surface area contributed by atoms with Crippen LogP contribution in [0.15, 0.2) is 60.7 Å². The van der Waals surface area contributed by atoms with Crippen LogP contribution in [0.4, 0.5) is 23.1 Å². The smallest absolute Gasteiger partial charge is 0.227 e. The van der Waals surface area contributed by atoms with Crippen LogP contribution in [0, 0.1) is 6.92 Å². The van der Waals surface area contributed by atoms with Gasteiger partial charge in [-0.15, -0.1) is 0 Å². The Morgan fingerprint density at radius 2 is 1.68 bits per heavy atom. The zero-order valence-electron chi connectivity index (χ0n) is 16.6. The monoisotopic (exact) mass is 373 g/mol. The predicted octanol–water partition coefficient (Wildman–Crippen LogP) is 4.77. The highest BCUT2D eigenvalue weighted by Crippen LogP contribution is 2.24. The van der Waals surface area contributed by atoms with Gasteiger partial charge in [-0.25, -0.2) is 4.98 Å². The van der Waals surface area contributed by atoms with E-state index in [1.165, 1.54) is 24.1 Å². The van der Waals surface area contributed by atoms with E-state index in [9.17, 15) is 0 Å². The number of hydrogen-bond donors (Lipinski definition) is 1. The number of anilines is 4. The molecule has 0 saturated carbocycles. The van der Waals surface area contributed by atoms with Gasteiger partial charge in [0.2, 0.25) is 5.95 Å². The minimum atomic E-state index is 0.722. The number of hydrogen-bond acceptors (Lipinski definition) is 5. The van der Waals surface area contributed by atoms with Crippen LogP contribution in [-0.4, -0.2) is 30.1 Å². The molecule has 1 aliphatic rings. The molecule has 28 heavy (non-hydrogen) atoms. The molecular weight excluding hydrogens is 346 g/mol. The van der Waals surface area contributed by atoms with Gasteiger partial charge < -0.3 is 15.1 Å². The number of aromatic nitrogens is 2. The maximum Gasteiger partial charge on any atom is 0.227 e. The Morgan fingerprint density at radius 3 is 2.39 bits per heavy atom. The van der Waals surface area contributed by atoms with Gasteiger partial charge in [-0.2, -0.15) is 4.98 Å². The van der Waals surface area contributed by atoms with Crippen molar-refractivity contribution < 1.29 is 0 Å². The summed E-state index contributed by atoms with van der Waals surface area (Å²) < 4.78 is 0. The van der Waals surface area contributed by atoms with Gasteiger partial charge in [0.1, 0.15) is 5.82 Å². The number of benzene rings is 2. The molecule has 1 N–H and O–H groups in total. The summed E-state index contributed by atoms with van der Waals surface area (Å²) in [4.78, 5) is 13.8. The molecule has 0 aliphatic carbocycles. The van der Waals surface area contributed by atoms with Crippen LogP contribution < -0.4 is 15.1 Å². The van der Waals surface area contributed by atoms with Crippen LogP contribution in [-0.2, 0) is 6.54 Å². The van der Waals surface area contributed by atoms with Crippen LogP contribution in [0.5, 0.6) is 0 Å². The average molecular weight is 374 g/mol. The fourth-order valence-electron chi connectivity index (χ4n) is 3.59. The third-order valence-electron chi connectivity index (χ3n) is 5.06. The Bertz CT molecular complexity index is 902. The van der Waals surface area contributed by atoms with Gasteiger partial charge in [0.15, 0.2) is 0 Å². The molecule has 5 nitrogen and oxygen atoms in total. The molecule has 5 heteroatoms. The largest absolute Gasteiger partial charge is 0.372 e. The molecule has 1 fully saturated rings. The highest BCUT2D eigenvalue weighted by molar-refractivity contribution is 5.62. The Labute approximate surface area is 167 Å². The molecule has 0 atom stereocenters. The van der Waals surface area contributed by atoms with E-state index < -0.39 is 0 Å². The zero-order chi connectivity index (χ0) is 19.3. The van der Waals surface area contributed by atoms with Gasteiger partial charge in [0, 0.05) is 49.8 Å². The molecule has 2 heterocycles. The minimum Gasteiger partial charge on any atom is -0.372 e. The van der Waals surface area contributed by atoms with Crippen LogP contribution in [0.25, 0.3) is 0 Å². The Kier molecular flexibility index (Phi) is 5.42. The highest BCUT2D eigenvalue weighted by Gasteiger charge is 2.12. The van der Waals surface area contributed by atoms with E-state index in [-0.39, 0.29) is 0 Å². The summed E-state index contributed by atoms with van der Waals surface area (Å²) >= 11 is 0. The first kappa shape index (κ1) is 18.3. The lowest BCUT2D eigenvalue weighted by molar-refractivity contribution is 0.861. The first-order valence-corrected chi connectivity index (χ1v) is 9.90. The molecule has 0 radical (unpaired) electrons. The van der Waals surface area contributed by atoms with Gasteiger partial charge in [0.05, 0.1) is 0 Å². The summed E-state index contributed by atoms with van der Waals surface area (Å²) in [6.07, 6.45) is 2.58. The van der Waals surface area contributed by atoms with Crippen LogP contribution in [0.2, 0.25) is 0 Å². The normalized spacial score (nSPS) is 13.6. The van der Waals surface area contributed by atoms with Crippen molar-refractivity contribution in [2.45, 2.75) is 26.3 Å². The lowest BCUT2D eigenvalue weighted by Gasteiger charge is -2.19. The fraction of sp³-hybridized carbons (Fsp3) is 0.304. The van der Waals surface area contributed by atoms with Gasteiger partial charge >= 0.3 is 0 Å². The van der Waals surface area contributed by atoms with Crippen molar-refractivity contribution in [3.63, 3.8) is 0 Å². The number of nitrogens with one attached hydrogen (secondary N) is 1. The Hall–Kier alpha value is -3.08. The first-order valence-electron chi connectivity index (χ1n) is 9.90. The van der Waals surface area contributed by atoms with Gasteiger partial charge in [-0.1, -0.05) is 30.3 Å². The molecule has 4 rings (SSSR count). The van der Waals surface area contributed by atoms with E-state index in [1.807, 2.05) is 26.1 Å². The van der Waals surface area contributed by atoms with E-state index in [0.29, 0.717) is 0 Å². The summed E-state index contributed by atoms with van der Waals surface area (Å²) in [6, 6.07) is 21.0. The van der Waals surface area contributed by atoms with Crippen molar-refractivity contribution in [2.24, 2.45) is 0 Å². The maximum atomic E-state index is 4.72. The third kappa shape index (κ3) is 4.42. The van der Waals surface area contributed by atoms with E-state index in [1.54, 1.807) is 0 Å². The van der Waals surface area contributed by atoms with Crippen LogP contribution >= 0.6 is 0 Å². The summed E-state index contributed by atoms with van der Waals surface area (Å²) in [5.41, 5.74) is 4.52. The van der Waals surface area contributed by atoms with Crippen molar-refractivity contribution >= 4 is 23.1 Å². The second-order valence-corrected chi connectivity index (χ2v) is 7.40. The van der Waals surface area contributed by atoms with Gasteiger partial charge in [0.25, 0.3) is 0 Å². The molecule has 1 aliphatic heterocycles. The van der Waals surface area contributed by atoms with E-state index in [2.05, 4.69) is 68.6 Å². The molecule has 0 bridgehead atoms. The lowest BCUT2D eigenvalue weighted by Crippen LogP contribution is -2.20. The second-order valence-electron chi connectivity index (χ2n) is 7.40. The van der Waals surface area contributed by atoms with E-state index in [4.69, 9.17) is 4.98 Å². The summed E-state index contributed by atoms with van der Waals surface area (Å²) in [5.74, 6) is 1.54. The maximum absolute atomic E-state index is 4.72. The van der Waals surface area contributed by atoms with Crippen molar-refractivity contribution in [3.8, 4) is 0 Å². The van der Waals surface area contributed by atoms with Gasteiger partial charge in [-0.05, 0) is 49.6 Å². The van der Waals surface area contributed by atoms with E-state index >= 15 is 0 Å².